The van der Waals surface area contributed by atoms with Crippen molar-refractivity contribution in [3.8, 4) is 17.0 Å². The van der Waals surface area contributed by atoms with E-state index in [1.807, 2.05) is 6.08 Å². The molecule has 4 bridgehead atoms. The number of fused-ring (bicyclic) bond motifs is 2. The van der Waals surface area contributed by atoms with Crippen molar-refractivity contribution >= 4 is 46.7 Å². The molecule has 0 fully saturated rings. The number of carbonyl (C=O) groups excluding carboxylic acids is 2. The van der Waals surface area contributed by atoms with Crippen LogP contribution in [0.2, 0.25) is 10.0 Å². The molecule has 4 heterocycles. The van der Waals surface area contributed by atoms with Crippen LogP contribution in [0.25, 0.3) is 11.3 Å². The molecule has 10 nitrogen and oxygen atoms in total. The van der Waals surface area contributed by atoms with Gasteiger partial charge in [-0.3, -0.25) is 14.9 Å². The summed E-state index contributed by atoms with van der Waals surface area (Å²) in [4.78, 5) is 29.7. The molecule has 3 aliphatic heterocycles. The Labute approximate surface area is 241 Å². The molecule has 0 atom stereocenters. The Morgan fingerprint density at radius 2 is 1.75 bits per heavy atom. The van der Waals surface area contributed by atoms with Gasteiger partial charge in [-0.05, 0) is 74.7 Å². The summed E-state index contributed by atoms with van der Waals surface area (Å²) in [7, 11) is 0. The monoisotopic (exact) mass is 584 g/mol. The summed E-state index contributed by atoms with van der Waals surface area (Å²) < 4.78 is 11.1. The summed E-state index contributed by atoms with van der Waals surface area (Å²) in [5.74, 6) is 0.138. The van der Waals surface area contributed by atoms with Crippen LogP contribution in [-0.2, 0) is 11.3 Å². The van der Waals surface area contributed by atoms with Crippen LogP contribution in [0.5, 0.6) is 5.75 Å². The quantitative estimate of drug-likeness (QED) is 0.276. The third-order valence-electron chi connectivity index (χ3n) is 6.03. The number of ether oxygens (including phenoxy) is 1. The molecule has 1 aromatic heterocycles. The van der Waals surface area contributed by atoms with E-state index in [1.54, 1.807) is 43.3 Å². The maximum Gasteiger partial charge on any atom is 0.263 e. The zero-order valence-electron chi connectivity index (χ0n) is 21.9. The van der Waals surface area contributed by atoms with Crippen LogP contribution >= 0.6 is 23.2 Å². The lowest BCUT2D eigenvalue weighted by Gasteiger charge is -2.12. The Morgan fingerprint density at radius 3 is 2.50 bits per heavy atom. The lowest BCUT2D eigenvalue weighted by Crippen LogP contribution is -2.37. The third kappa shape index (κ3) is 7.84. The van der Waals surface area contributed by atoms with Gasteiger partial charge in [-0.2, -0.15) is 0 Å². The number of hydrogen-bond donors (Lipinski definition) is 4. The van der Waals surface area contributed by atoms with Crippen LogP contribution < -0.4 is 26.4 Å². The number of rotatable bonds is 0. The second-order valence-electron chi connectivity index (χ2n) is 9.08. The van der Waals surface area contributed by atoms with Crippen LogP contribution in [0.4, 0.5) is 5.69 Å². The van der Waals surface area contributed by atoms with E-state index in [4.69, 9.17) is 38.2 Å². The molecule has 3 aliphatic rings. The third-order valence-corrected chi connectivity index (χ3v) is 6.63. The molecule has 40 heavy (non-hydrogen) atoms. The van der Waals surface area contributed by atoms with E-state index in [0.29, 0.717) is 47.2 Å². The fourth-order valence-electron chi connectivity index (χ4n) is 4.00. The van der Waals surface area contributed by atoms with Crippen molar-refractivity contribution in [3.63, 3.8) is 0 Å². The summed E-state index contributed by atoms with van der Waals surface area (Å²) in [5, 5.41) is 13.0. The highest BCUT2D eigenvalue weighted by atomic mass is 35.5. The average Bonchev–Trinajstić information content (AvgIpc) is 3.32. The van der Waals surface area contributed by atoms with Crippen molar-refractivity contribution in [2.45, 2.75) is 32.7 Å². The molecule has 210 valence electrons. The summed E-state index contributed by atoms with van der Waals surface area (Å²) in [6, 6.07) is 10.5. The molecule has 2 aromatic carbocycles. The molecule has 5 N–H and O–H groups in total. The van der Waals surface area contributed by atoms with Crippen molar-refractivity contribution in [2.75, 3.05) is 25.0 Å². The smallest absolute Gasteiger partial charge is 0.263 e. The van der Waals surface area contributed by atoms with Gasteiger partial charge in [0.25, 0.3) is 5.91 Å². The predicted octanol–water partition coefficient (Wildman–Crippen LogP) is 4.85. The van der Waals surface area contributed by atoms with E-state index in [1.165, 1.54) is 0 Å². The number of amides is 2. The zero-order chi connectivity index (χ0) is 28.5. The Kier molecular flexibility index (Phi) is 10.2. The number of aryl methyl sites for hydroxylation is 1. The Bertz CT molecular complexity index is 1400. The van der Waals surface area contributed by atoms with Crippen molar-refractivity contribution in [2.24, 2.45) is 10.7 Å². The molecule has 12 heteroatoms. The summed E-state index contributed by atoms with van der Waals surface area (Å²) in [5.41, 5.74) is 8.25. The number of nitrogens with two attached hydrogens (primary N) is 1. The number of aliphatic imine (C=N–C) groups is 1. The Morgan fingerprint density at radius 1 is 1.00 bits per heavy atom. The summed E-state index contributed by atoms with van der Waals surface area (Å²) in [6.45, 7) is 2.99. The SMILES string of the molecule is Cc1onc2c1C(=O)NC(N)=NCc1cc(Cl)c(c(Cl)c1)NC(=O)CNCCCC/C=C/COc1ccc-2cc1. The van der Waals surface area contributed by atoms with Crippen LogP contribution in [0.1, 0.15) is 40.9 Å². The number of nitrogens with one attached hydrogen (secondary N) is 3. The number of nitrogens with zero attached hydrogens (tertiary/aromatic N) is 2. The van der Waals surface area contributed by atoms with Crippen molar-refractivity contribution in [1.29, 1.82) is 0 Å². The van der Waals surface area contributed by atoms with E-state index < -0.39 is 5.91 Å². The second kappa shape index (κ2) is 14.0. The molecule has 0 saturated carbocycles. The molecule has 0 spiro atoms. The van der Waals surface area contributed by atoms with Gasteiger partial charge in [0, 0.05) is 5.56 Å². The first-order valence-electron chi connectivity index (χ1n) is 12.8. The molecular weight excluding hydrogens is 555 g/mol. The number of allylic oxidation sites excluding steroid dienone is 1. The average molecular weight is 585 g/mol. The van der Waals surface area contributed by atoms with Crippen molar-refractivity contribution in [3.05, 3.63) is 75.5 Å². The van der Waals surface area contributed by atoms with Crippen LogP contribution in [0.15, 0.2) is 58.1 Å². The predicted molar refractivity (Wildman–Crippen MR) is 156 cm³/mol. The standard InChI is InChI=1S/C28H30Cl2N6O4/c1-17-24-25(36-40-17)19-7-9-20(10-8-19)39-12-6-4-2-3-5-11-32-16-23(37)34-26-21(29)13-18(14-22(26)30)15-33-28(31)35-27(24)38/h4,6-10,13-14,32H,2-3,5,11-12,15-16H2,1H3,(H,34,37)(H3,31,33,35,38)/b6-4+. The zero-order valence-corrected chi connectivity index (χ0v) is 23.4. The number of hydrogen-bond acceptors (Lipinski definition) is 8. The molecular formula is C28H30Cl2N6O4. The van der Waals surface area contributed by atoms with Gasteiger partial charge in [-0.25, -0.2) is 4.99 Å². The highest BCUT2D eigenvalue weighted by Gasteiger charge is 2.22. The first-order chi connectivity index (χ1) is 19.3. The summed E-state index contributed by atoms with van der Waals surface area (Å²) in [6.07, 6.45) is 6.83. The minimum absolute atomic E-state index is 0.0904. The minimum Gasteiger partial charge on any atom is -0.490 e. The van der Waals surface area contributed by atoms with Gasteiger partial charge < -0.3 is 25.6 Å². The van der Waals surface area contributed by atoms with Crippen LogP contribution in [0.3, 0.4) is 0 Å². The van der Waals surface area contributed by atoms with Crippen LogP contribution in [-0.4, -0.2) is 42.6 Å². The highest BCUT2D eigenvalue weighted by Crippen LogP contribution is 2.32. The molecule has 3 aromatic rings. The van der Waals surface area contributed by atoms with E-state index >= 15 is 0 Å². The largest absolute Gasteiger partial charge is 0.490 e. The molecule has 0 saturated heterocycles. The number of halogens is 2. The highest BCUT2D eigenvalue weighted by molar-refractivity contribution is 6.39. The second-order valence-corrected chi connectivity index (χ2v) is 9.89. The Hall–Kier alpha value is -3.86. The molecule has 0 radical (unpaired) electrons. The van der Waals surface area contributed by atoms with Crippen LogP contribution in [0, 0.1) is 6.92 Å². The summed E-state index contributed by atoms with van der Waals surface area (Å²) >= 11 is 12.8. The van der Waals surface area contributed by atoms with Gasteiger partial charge in [0.1, 0.15) is 29.4 Å². The molecule has 6 rings (SSSR count). The van der Waals surface area contributed by atoms with E-state index in [0.717, 1.165) is 19.3 Å². The molecule has 0 unspecified atom stereocenters. The minimum atomic E-state index is -0.513. The van der Waals surface area contributed by atoms with Gasteiger partial charge in [0.05, 0.1) is 28.8 Å². The number of aromatic nitrogens is 1. The van der Waals surface area contributed by atoms with E-state index in [2.05, 4.69) is 32.2 Å². The number of carbonyl (C=O) groups is 2. The number of anilines is 1. The fraction of sp³-hybridized carbons (Fsp3) is 0.286. The van der Waals surface area contributed by atoms with Gasteiger partial charge in [-0.15, -0.1) is 0 Å². The first-order valence-corrected chi connectivity index (χ1v) is 13.5. The topological polar surface area (TPSA) is 144 Å². The maximum atomic E-state index is 13.1. The van der Waals surface area contributed by atoms with Crippen molar-refractivity contribution < 1.29 is 18.8 Å². The van der Waals surface area contributed by atoms with Gasteiger partial charge in [0.15, 0.2) is 5.96 Å². The van der Waals surface area contributed by atoms with Gasteiger partial charge >= 0.3 is 0 Å². The molecule has 2 amide bonds. The van der Waals surface area contributed by atoms with Gasteiger partial charge in [0.2, 0.25) is 5.91 Å². The van der Waals surface area contributed by atoms with Gasteiger partial charge in [-0.1, -0.05) is 40.5 Å². The lowest BCUT2D eigenvalue weighted by atomic mass is 10.1. The number of benzene rings is 2. The first kappa shape index (κ1) is 29.1. The van der Waals surface area contributed by atoms with E-state index in [9.17, 15) is 9.59 Å². The van der Waals surface area contributed by atoms with Crippen molar-refractivity contribution in [1.82, 2.24) is 15.8 Å². The number of guanidine groups is 1. The fourth-order valence-corrected chi connectivity index (χ4v) is 4.63. The van der Waals surface area contributed by atoms with E-state index in [-0.39, 0.29) is 40.6 Å². The normalized spacial score (nSPS) is 16.7. The maximum absolute atomic E-state index is 13.1. The Balaban J connectivity index is 1.55. The molecule has 0 aliphatic carbocycles. The lowest BCUT2D eigenvalue weighted by molar-refractivity contribution is -0.115.